The van der Waals surface area contributed by atoms with Crippen molar-refractivity contribution in [2.45, 2.75) is 37.2 Å². The molecule has 226 valence electrons. The number of nitrogens with two attached hydrogens (primary N) is 1. The number of pyridine rings is 1. The molecule has 10 nitrogen and oxygen atoms in total. The average Bonchev–Trinajstić information content (AvgIpc) is 2.90. The van der Waals surface area contributed by atoms with Gasteiger partial charge in [-0.1, -0.05) is 12.1 Å². The Bertz CT molecular complexity index is 1370. The lowest BCUT2D eigenvalue weighted by Gasteiger charge is -2.38. The summed E-state index contributed by atoms with van der Waals surface area (Å²) in [4.78, 5) is 42.7. The molecule has 1 aliphatic carbocycles. The molecule has 0 unspecified atom stereocenters. The van der Waals surface area contributed by atoms with Crippen LogP contribution in [-0.4, -0.2) is 67.4 Å². The maximum Gasteiger partial charge on any atom is 0.490 e. The first-order valence-corrected chi connectivity index (χ1v) is 11.6. The van der Waals surface area contributed by atoms with Gasteiger partial charge in [0.2, 0.25) is 0 Å². The first kappa shape index (κ1) is 33.5. The van der Waals surface area contributed by atoms with Gasteiger partial charge in [0.15, 0.2) is 0 Å². The quantitative estimate of drug-likeness (QED) is 0.311. The lowest BCUT2D eigenvalue weighted by atomic mass is 9.78. The number of carboxylic acid groups (broad SMARTS) is 2. The second-order valence-electron chi connectivity index (χ2n) is 8.76. The van der Waals surface area contributed by atoms with Gasteiger partial charge in [-0.15, -0.1) is 0 Å². The number of carbonyl (C=O) groups excluding carboxylic acids is 1. The van der Waals surface area contributed by atoms with E-state index in [0.717, 1.165) is 31.0 Å². The molecule has 1 fully saturated rings. The monoisotopic (exact) mass is 605 g/mol. The number of hydrogen-bond donors (Lipinski definition) is 4. The van der Waals surface area contributed by atoms with Crippen molar-refractivity contribution >= 4 is 17.8 Å². The number of amides is 1. The molecule has 1 aromatic carbocycles. The van der Waals surface area contributed by atoms with Crippen LogP contribution in [0.25, 0.3) is 22.5 Å². The van der Waals surface area contributed by atoms with Gasteiger partial charge < -0.3 is 21.3 Å². The van der Waals surface area contributed by atoms with Crippen LogP contribution < -0.4 is 11.1 Å². The van der Waals surface area contributed by atoms with Gasteiger partial charge in [0, 0.05) is 35.0 Å². The van der Waals surface area contributed by atoms with Crippen molar-refractivity contribution in [2.24, 2.45) is 5.73 Å². The van der Waals surface area contributed by atoms with Crippen LogP contribution in [0.15, 0.2) is 55.1 Å². The lowest BCUT2D eigenvalue weighted by Crippen LogP contribution is -2.54. The summed E-state index contributed by atoms with van der Waals surface area (Å²) in [6, 6.07) is 8.47. The van der Waals surface area contributed by atoms with Gasteiger partial charge >= 0.3 is 24.3 Å². The SMILES string of the molecule is NC1(CNC(=O)c2ccc(-c3cncc(-c4cncc(F)c4)n3)cc2)CCC1.O=C(O)C(F)(F)F.O=C(O)C(F)(F)F. The van der Waals surface area contributed by atoms with E-state index in [-0.39, 0.29) is 11.4 Å². The number of nitrogens with zero attached hydrogens (tertiary/aromatic N) is 3. The van der Waals surface area contributed by atoms with Crippen molar-refractivity contribution in [3.8, 4) is 22.5 Å². The Morgan fingerprint density at radius 1 is 0.833 bits per heavy atom. The molecule has 2 heterocycles. The van der Waals surface area contributed by atoms with E-state index in [1.807, 2.05) is 12.1 Å². The van der Waals surface area contributed by atoms with Crippen molar-refractivity contribution in [3.05, 3.63) is 66.5 Å². The Kier molecular flexibility index (Phi) is 11.0. The Labute approximate surface area is 232 Å². The lowest BCUT2D eigenvalue weighted by molar-refractivity contribution is -0.193. The third-order valence-corrected chi connectivity index (χ3v) is 5.51. The van der Waals surface area contributed by atoms with Crippen molar-refractivity contribution < 1.29 is 55.3 Å². The highest BCUT2D eigenvalue weighted by Gasteiger charge is 2.39. The summed E-state index contributed by atoms with van der Waals surface area (Å²) >= 11 is 0. The highest BCUT2D eigenvalue weighted by Crippen LogP contribution is 2.28. The zero-order chi connectivity index (χ0) is 31.7. The number of carboxylic acids is 2. The number of alkyl halides is 6. The highest BCUT2D eigenvalue weighted by molar-refractivity contribution is 5.94. The normalized spacial score (nSPS) is 13.7. The third kappa shape index (κ3) is 10.4. The van der Waals surface area contributed by atoms with Gasteiger partial charge in [0.05, 0.1) is 30.0 Å². The summed E-state index contributed by atoms with van der Waals surface area (Å²) in [6.45, 7) is 0.489. The second kappa shape index (κ2) is 13.8. The number of carbonyl (C=O) groups is 3. The van der Waals surface area contributed by atoms with Crippen molar-refractivity contribution in [2.75, 3.05) is 6.54 Å². The molecule has 1 aliphatic rings. The molecule has 4 rings (SSSR count). The second-order valence-corrected chi connectivity index (χ2v) is 8.76. The third-order valence-electron chi connectivity index (χ3n) is 5.51. The number of rotatable bonds is 5. The predicted molar refractivity (Wildman–Crippen MR) is 131 cm³/mol. The number of nitrogens with one attached hydrogen (secondary N) is 1. The highest BCUT2D eigenvalue weighted by atomic mass is 19.4. The fraction of sp³-hybridized carbons (Fsp3) is 0.280. The van der Waals surface area contributed by atoms with E-state index < -0.39 is 30.1 Å². The molecule has 17 heteroatoms. The van der Waals surface area contributed by atoms with Crippen LogP contribution in [0.5, 0.6) is 0 Å². The molecule has 42 heavy (non-hydrogen) atoms. The van der Waals surface area contributed by atoms with E-state index in [1.165, 1.54) is 12.3 Å². The summed E-state index contributed by atoms with van der Waals surface area (Å²) < 4.78 is 76.9. The zero-order valence-corrected chi connectivity index (χ0v) is 21.2. The first-order chi connectivity index (χ1) is 19.4. The fourth-order valence-electron chi connectivity index (χ4n) is 3.15. The van der Waals surface area contributed by atoms with Crippen LogP contribution in [0.3, 0.4) is 0 Å². The molecule has 1 saturated carbocycles. The molecular weight excluding hydrogens is 583 g/mol. The maximum atomic E-state index is 13.4. The molecule has 0 saturated heterocycles. The Morgan fingerprint density at radius 2 is 1.31 bits per heavy atom. The Hall–Kier alpha value is -4.67. The summed E-state index contributed by atoms with van der Waals surface area (Å²) in [5, 5.41) is 17.2. The van der Waals surface area contributed by atoms with Gasteiger partial charge in [-0.05, 0) is 37.5 Å². The molecule has 0 bridgehead atoms. The summed E-state index contributed by atoms with van der Waals surface area (Å²) in [7, 11) is 0. The molecule has 0 aliphatic heterocycles. The first-order valence-electron chi connectivity index (χ1n) is 11.6. The summed E-state index contributed by atoms with van der Waals surface area (Å²) in [5.41, 5.74) is 8.97. The number of aromatic nitrogens is 3. The van der Waals surface area contributed by atoms with Crippen LogP contribution in [-0.2, 0) is 9.59 Å². The summed E-state index contributed by atoms with van der Waals surface area (Å²) in [5.74, 6) is -6.09. The van der Waals surface area contributed by atoms with Crippen molar-refractivity contribution in [3.63, 3.8) is 0 Å². The van der Waals surface area contributed by atoms with Crippen LogP contribution in [0, 0.1) is 5.82 Å². The van der Waals surface area contributed by atoms with Crippen molar-refractivity contribution in [1.29, 1.82) is 0 Å². The van der Waals surface area contributed by atoms with Crippen LogP contribution in [0.4, 0.5) is 30.7 Å². The van der Waals surface area contributed by atoms with Crippen molar-refractivity contribution in [1.82, 2.24) is 20.3 Å². The van der Waals surface area contributed by atoms with E-state index in [0.29, 0.717) is 29.1 Å². The van der Waals surface area contributed by atoms with E-state index in [4.69, 9.17) is 25.5 Å². The molecule has 0 spiro atoms. The number of aliphatic carboxylic acids is 2. The minimum absolute atomic E-state index is 0.144. The molecule has 5 N–H and O–H groups in total. The Balaban J connectivity index is 0.000000367. The van der Waals surface area contributed by atoms with Crippen LogP contribution >= 0.6 is 0 Å². The van der Waals surface area contributed by atoms with E-state index in [9.17, 15) is 35.5 Å². The minimum atomic E-state index is -5.08. The van der Waals surface area contributed by atoms with Crippen LogP contribution in [0.1, 0.15) is 29.6 Å². The smallest absolute Gasteiger partial charge is 0.475 e. The fourth-order valence-corrected chi connectivity index (χ4v) is 3.15. The average molecular weight is 605 g/mol. The van der Waals surface area contributed by atoms with Gasteiger partial charge in [0.1, 0.15) is 5.82 Å². The topological polar surface area (TPSA) is 168 Å². The molecule has 2 aromatic heterocycles. The van der Waals surface area contributed by atoms with Crippen LogP contribution in [0.2, 0.25) is 0 Å². The van der Waals surface area contributed by atoms with E-state index in [2.05, 4.69) is 20.3 Å². The maximum absolute atomic E-state index is 13.4. The zero-order valence-electron chi connectivity index (χ0n) is 21.2. The van der Waals surface area contributed by atoms with Gasteiger partial charge in [0.25, 0.3) is 5.91 Å². The molecule has 0 atom stereocenters. The molecule has 0 radical (unpaired) electrons. The minimum Gasteiger partial charge on any atom is -0.475 e. The number of benzene rings is 1. The van der Waals surface area contributed by atoms with Gasteiger partial charge in [-0.2, -0.15) is 26.3 Å². The molecule has 1 amide bonds. The van der Waals surface area contributed by atoms with E-state index in [1.54, 1.807) is 24.5 Å². The Morgan fingerprint density at radius 3 is 1.74 bits per heavy atom. The standard InChI is InChI=1S/C21H20FN5O.2C2HF3O2/c22-17-8-16(9-24-10-17)19-12-25-11-18(27-19)14-2-4-15(5-3-14)20(28)26-13-21(23)6-1-7-21;2*3-2(4,5)1(6)7/h2-5,8-12H,1,6-7,13,23H2,(H,26,28);2*(H,6,7). The molecule has 3 aromatic rings. The largest absolute Gasteiger partial charge is 0.490 e. The number of hydrogen-bond acceptors (Lipinski definition) is 7. The summed E-state index contributed by atoms with van der Waals surface area (Å²) in [6.07, 6.45) is -1.29. The van der Waals surface area contributed by atoms with E-state index >= 15 is 0 Å². The van der Waals surface area contributed by atoms with Gasteiger partial charge in [-0.3, -0.25) is 14.8 Å². The number of halogens is 7. The predicted octanol–water partition coefficient (Wildman–Crippen LogP) is 4.22. The van der Waals surface area contributed by atoms with Gasteiger partial charge in [-0.25, -0.2) is 19.0 Å². The molecular formula is C25H22F7N5O5.